The van der Waals surface area contributed by atoms with E-state index in [-0.39, 0.29) is 12.6 Å². The topological polar surface area (TPSA) is 91.3 Å². The van der Waals surface area contributed by atoms with E-state index in [0.717, 1.165) is 10.6 Å². The predicted octanol–water partition coefficient (Wildman–Crippen LogP) is 0.971. The first kappa shape index (κ1) is 13.4. The molecule has 1 aromatic rings. The Morgan fingerprint density at radius 2 is 2.24 bits per heavy atom. The highest BCUT2D eigenvalue weighted by Gasteiger charge is 2.12. The summed E-state index contributed by atoms with van der Waals surface area (Å²) in [6, 6.07) is -0.370. The van der Waals surface area contributed by atoms with Crippen LogP contribution in [0.15, 0.2) is 5.51 Å². The number of carbonyl (C=O) groups excluding carboxylic acids is 1. The Balaban J connectivity index is 2.27. The number of nitrogens with zero attached hydrogens (tertiary/aromatic N) is 1. The third-order valence-corrected chi connectivity index (χ3v) is 3.18. The molecule has 6 nitrogen and oxygen atoms in total. The quantitative estimate of drug-likeness (QED) is 0.733. The van der Waals surface area contributed by atoms with Crippen LogP contribution in [0.2, 0.25) is 0 Å². The number of aliphatic carboxylic acids is 1. The van der Waals surface area contributed by atoms with Crippen molar-refractivity contribution in [3.63, 3.8) is 0 Å². The molecule has 94 valence electrons. The van der Waals surface area contributed by atoms with Gasteiger partial charge in [-0.05, 0) is 6.92 Å². The maximum Gasteiger partial charge on any atom is 0.315 e. The molecule has 17 heavy (non-hydrogen) atoms. The molecule has 0 radical (unpaired) electrons. The van der Waals surface area contributed by atoms with Crippen LogP contribution in [-0.4, -0.2) is 28.6 Å². The van der Waals surface area contributed by atoms with Gasteiger partial charge in [-0.25, -0.2) is 9.78 Å². The molecule has 1 aromatic heterocycles. The summed E-state index contributed by atoms with van der Waals surface area (Å²) in [5, 5.41) is 13.8. The van der Waals surface area contributed by atoms with E-state index in [4.69, 9.17) is 5.11 Å². The molecular formula is C10H15N3O3S. The van der Waals surface area contributed by atoms with Gasteiger partial charge in [0.2, 0.25) is 0 Å². The lowest BCUT2D eigenvalue weighted by atomic mass is 10.2. The van der Waals surface area contributed by atoms with Gasteiger partial charge < -0.3 is 15.7 Å². The van der Waals surface area contributed by atoms with Crippen molar-refractivity contribution >= 4 is 23.3 Å². The van der Waals surface area contributed by atoms with E-state index in [2.05, 4.69) is 15.6 Å². The van der Waals surface area contributed by atoms with Crippen molar-refractivity contribution in [3.05, 3.63) is 16.1 Å². The molecule has 0 spiro atoms. The largest absolute Gasteiger partial charge is 0.481 e. The number of amides is 2. The molecule has 1 heterocycles. The summed E-state index contributed by atoms with van der Waals surface area (Å²) in [6.45, 7) is 3.93. The van der Waals surface area contributed by atoms with Crippen molar-refractivity contribution in [1.29, 1.82) is 0 Å². The van der Waals surface area contributed by atoms with Crippen molar-refractivity contribution in [2.45, 2.75) is 20.4 Å². The van der Waals surface area contributed by atoms with Crippen LogP contribution in [0, 0.1) is 12.8 Å². The maximum atomic E-state index is 11.3. The van der Waals surface area contributed by atoms with E-state index in [1.165, 1.54) is 18.3 Å². The van der Waals surface area contributed by atoms with E-state index < -0.39 is 11.9 Å². The molecule has 0 bridgehead atoms. The minimum Gasteiger partial charge on any atom is -0.481 e. The van der Waals surface area contributed by atoms with Crippen LogP contribution in [0.25, 0.3) is 0 Å². The average molecular weight is 257 g/mol. The SMILES string of the molecule is Cc1ncsc1CNC(=O)NCC(C)C(=O)O. The Morgan fingerprint density at radius 3 is 2.76 bits per heavy atom. The molecule has 0 aromatic carbocycles. The number of thiazole rings is 1. The van der Waals surface area contributed by atoms with Gasteiger partial charge in [0.15, 0.2) is 0 Å². The second-order valence-corrected chi connectivity index (χ2v) is 4.60. The molecule has 2 amide bonds. The number of urea groups is 1. The van der Waals surface area contributed by atoms with Crippen molar-refractivity contribution in [2.75, 3.05) is 6.54 Å². The zero-order valence-corrected chi connectivity index (χ0v) is 10.5. The van der Waals surface area contributed by atoms with Crippen LogP contribution in [0.3, 0.4) is 0 Å². The second-order valence-electron chi connectivity index (χ2n) is 3.66. The molecule has 7 heteroatoms. The van der Waals surface area contributed by atoms with Crippen LogP contribution >= 0.6 is 11.3 Å². The zero-order valence-electron chi connectivity index (χ0n) is 9.69. The number of carboxylic acid groups (broad SMARTS) is 1. The first-order chi connectivity index (χ1) is 8.00. The first-order valence-corrected chi connectivity index (χ1v) is 6.02. The fourth-order valence-corrected chi connectivity index (χ4v) is 1.77. The van der Waals surface area contributed by atoms with E-state index in [9.17, 15) is 9.59 Å². The number of aromatic nitrogens is 1. The smallest absolute Gasteiger partial charge is 0.315 e. The lowest BCUT2D eigenvalue weighted by molar-refractivity contribution is -0.140. The molecule has 0 fully saturated rings. The number of nitrogens with one attached hydrogen (secondary N) is 2. The predicted molar refractivity (Wildman–Crippen MR) is 63.9 cm³/mol. The standard InChI is InChI=1S/C10H15N3O3S/c1-6(9(14)15)3-11-10(16)12-4-8-7(2)13-5-17-8/h5-6H,3-4H2,1-2H3,(H,14,15)(H2,11,12,16). The van der Waals surface area contributed by atoms with Crippen molar-refractivity contribution in [3.8, 4) is 0 Å². The van der Waals surface area contributed by atoms with Gasteiger partial charge in [-0.3, -0.25) is 4.79 Å². The van der Waals surface area contributed by atoms with Crippen molar-refractivity contribution in [1.82, 2.24) is 15.6 Å². The van der Waals surface area contributed by atoms with E-state index in [0.29, 0.717) is 6.54 Å². The van der Waals surface area contributed by atoms with Gasteiger partial charge in [0.25, 0.3) is 0 Å². The first-order valence-electron chi connectivity index (χ1n) is 5.14. The van der Waals surface area contributed by atoms with E-state index >= 15 is 0 Å². The van der Waals surface area contributed by atoms with E-state index in [1.54, 1.807) is 5.51 Å². The molecule has 0 saturated carbocycles. The molecule has 0 aliphatic rings. The van der Waals surface area contributed by atoms with Crippen molar-refractivity contribution in [2.24, 2.45) is 5.92 Å². The normalized spacial score (nSPS) is 11.9. The number of hydrogen-bond acceptors (Lipinski definition) is 4. The Bertz CT molecular complexity index is 405. The highest BCUT2D eigenvalue weighted by atomic mass is 32.1. The summed E-state index contributed by atoms with van der Waals surface area (Å²) in [5.74, 6) is -1.52. The third kappa shape index (κ3) is 4.39. The van der Waals surface area contributed by atoms with Gasteiger partial charge in [0, 0.05) is 11.4 Å². The number of carboxylic acids is 1. The minimum atomic E-state index is -0.927. The summed E-state index contributed by atoms with van der Waals surface area (Å²) in [6.07, 6.45) is 0. The lowest BCUT2D eigenvalue weighted by Crippen LogP contribution is -2.38. The minimum absolute atomic E-state index is 0.114. The molecule has 0 saturated heterocycles. The van der Waals surface area contributed by atoms with Crippen LogP contribution in [0.4, 0.5) is 4.79 Å². The molecule has 0 aliphatic carbocycles. The monoisotopic (exact) mass is 257 g/mol. The fourth-order valence-electron chi connectivity index (χ4n) is 1.05. The molecule has 0 aliphatic heterocycles. The summed E-state index contributed by atoms with van der Waals surface area (Å²) in [7, 11) is 0. The Kier molecular flexibility index (Phi) is 4.89. The highest BCUT2D eigenvalue weighted by molar-refractivity contribution is 7.09. The number of aryl methyl sites for hydroxylation is 1. The number of carbonyl (C=O) groups is 2. The van der Waals surface area contributed by atoms with Gasteiger partial charge in [-0.2, -0.15) is 0 Å². The summed E-state index contributed by atoms with van der Waals surface area (Å²) in [5.41, 5.74) is 2.62. The third-order valence-electron chi connectivity index (χ3n) is 2.24. The average Bonchev–Trinajstić information content (AvgIpc) is 2.68. The Hall–Kier alpha value is -1.63. The fraction of sp³-hybridized carbons (Fsp3) is 0.500. The number of rotatable bonds is 5. The van der Waals surface area contributed by atoms with Gasteiger partial charge in [-0.15, -0.1) is 11.3 Å². The van der Waals surface area contributed by atoms with Crippen molar-refractivity contribution < 1.29 is 14.7 Å². The Morgan fingerprint density at radius 1 is 1.53 bits per heavy atom. The van der Waals surface area contributed by atoms with Gasteiger partial charge in [0.05, 0.1) is 23.7 Å². The molecule has 3 N–H and O–H groups in total. The summed E-state index contributed by atoms with van der Waals surface area (Å²) >= 11 is 1.47. The zero-order chi connectivity index (χ0) is 12.8. The van der Waals surface area contributed by atoms with Gasteiger partial charge in [-0.1, -0.05) is 6.92 Å². The van der Waals surface area contributed by atoms with Crippen LogP contribution in [0.5, 0.6) is 0 Å². The Labute approximate surface area is 103 Å². The van der Waals surface area contributed by atoms with Gasteiger partial charge in [0.1, 0.15) is 0 Å². The van der Waals surface area contributed by atoms with Crippen LogP contribution < -0.4 is 10.6 Å². The highest BCUT2D eigenvalue weighted by Crippen LogP contribution is 2.10. The maximum absolute atomic E-state index is 11.3. The second kappa shape index (κ2) is 6.19. The molecule has 1 unspecified atom stereocenters. The van der Waals surface area contributed by atoms with Gasteiger partial charge >= 0.3 is 12.0 Å². The van der Waals surface area contributed by atoms with Crippen LogP contribution in [-0.2, 0) is 11.3 Å². The molecule has 1 atom stereocenters. The lowest BCUT2D eigenvalue weighted by Gasteiger charge is -2.09. The summed E-state index contributed by atoms with van der Waals surface area (Å²) in [4.78, 5) is 26.9. The molecule has 1 rings (SSSR count). The number of hydrogen-bond donors (Lipinski definition) is 3. The molecular weight excluding hydrogens is 242 g/mol. The van der Waals surface area contributed by atoms with E-state index in [1.807, 2.05) is 6.92 Å². The van der Waals surface area contributed by atoms with Crippen LogP contribution in [0.1, 0.15) is 17.5 Å². The summed E-state index contributed by atoms with van der Waals surface area (Å²) < 4.78 is 0.